The number of aryl methyl sites for hydroxylation is 1. The molecule has 0 saturated heterocycles. The lowest BCUT2D eigenvalue weighted by Crippen LogP contribution is -2.26. The summed E-state index contributed by atoms with van der Waals surface area (Å²) < 4.78 is 7.36. The minimum absolute atomic E-state index is 0.274. The van der Waals surface area contributed by atoms with E-state index in [2.05, 4.69) is 30.5 Å². The van der Waals surface area contributed by atoms with Crippen LogP contribution < -0.4 is 5.32 Å². The highest BCUT2D eigenvalue weighted by Crippen LogP contribution is 1.97. The Labute approximate surface area is 91.6 Å². The zero-order valence-electron chi connectivity index (χ0n) is 9.86. The highest BCUT2D eigenvalue weighted by atomic mass is 16.5. The van der Waals surface area contributed by atoms with Crippen molar-refractivity contribution in [3.63, 3.8) is 0 Å². The number of hydrogen-bond donors (Lipinski definition) is 1. The summed E-state index contributed by atoms with van der Waals surface area (Å²) in [4.78, 5) is 0. The molecule has 0 amide bonds. The van der Waals surface area contributed by atoms with Crippen molar-refractivity contribution in [1.29, 1.82) is 0 Å². The summed E-state index contributed by atoms with van der Waals surface area (Å²) in [5, 5.41) is 7.56. The Bertz CT molecular complexity index is 273. The van der Waals surface area contributed by atoms with Gasteiger partial charge in [-0.05, 0) is 20.8 Å². The molecule has 1 atom stereocenters. The average molecular weight is 211 g/mol. The van der Waals surface area contributed by atoms with E-state index in [4.69, 9.17) is 4.74 Å². The molecule has 15 heavy (non-hydrogen) atoms. The number of rotatable bonds is 7. The highest BCUT2D eigenvalue weighted by molar-refractivity contribution is 5.03. The number of aromatic nitrogens is 2. The van der Waals surface area contributed by atoms with Crippen LogP contribution in [0.15, 0.2) is 12.4 Å². The van der Waals surface area contributed by atoms with E-state index < -0.39 is 0 Å². The lowest BCUT2D eigenvalue weighted by Gasteiger charge is -2.11. The van der Waals surface area contributed by atoms with Gasteiger partial charge in [-0.25, -0.2) is 0 Å². The largest absolute Gasteiger partial charge is 0.377 e. The van der Waals surface area contributed by atoms with E-state index in [0.717, 1.165) is 26.2 Å². The molecule has 0 bridgehead atoms. The fraction of sp³-hybridized carbons (Fsp3) is 0.727. The van der Waals surface area contributed by atoms with Gasteiger partial charge in [-0.2, -0.15) is 5.10 Å². The zero-order valence-corrected chi connectivity index (χ0v) is 9.86. The van der Waals surface area contributed by atoms with Crippen molar-refractivity contribution >= 4 is 0 Å². The van der Waals surface area contributed by atoms with Gasteiger partial charge in [0, 0.05) is 38.0 Å². The quantitative estimate of drug-likeness (QED) is 0.741. The van der Waals surface area contributed by atoms with Crippen LogP contribution in [-0.2, 0) is 17.8 Å². The van der Waals surface area contributed by atoms with Crippen molar-refractivity contribution in [1.82, 2.24) is 15.1 Å². The predicted molar refractivity (Wildman–Crippen MR) is 60.7 cm³/mol. The molecule has 4 nitrogen and oxygen atoms in total. The molecule has 86 valence electrons. The van der Waals surface area contributed by atoms with Crippen LogP contribution in [0.2, 0.25) is 0 Å². The van der Waals surface area contributed by atoms with Gasteiger partial charge in [0.25, 0.3) is 0 Å². The number of ether oxygens (including phenoxy) is 1. The summed E-state index contributed by atoms with van der Waals surface area (Å²) >= 11 is 0. The van der Waals surface area contributed by atoms with Gasteiger partial charge in [-0.3, -0.25) is 4.68 Å². The molecular formula is C11H21N3O. The molecule has 1 N–H and O–H groups in total. The molecule has 1 unspecified atom stereocenters. The first-order chi connectivity index (χ1) is 7.26. The van der Waals surface area contributed by atoms with Crippen LogP contribution in [0.3, 0.4) is 0 Å². The second-order valence-corrected chi connectivity index (χ2v) is 3.60. The summed E-state index contributed by atoms with van der Waals surface area (Å²) in [7, 11) is 0. The van der Waals surface area contributed by atoms with Gasteiger partial charge in [0.1, 0.15) is 0 Å². The maximum absolute atomic E-state index is 5.42. The third-order valence-electron chi connectivity index (χ3n) is 2.22. The summed E-state index contributed by atoms with van der Waals surface area (Å²) in [6, 6.07) is 0. The molecule has 0 aliphatic heterocycles. The van der Waals surface area contributed by atoms with Crippen LogP contribution in [0.4, 0.5) is 0 Å². The topological polar surface area (TPSA) is 39.1 Å². The van der Waals surface area contributed by atoms with E-state index in [1.165, 1.54) is 5.56 Å². The smallest absolute Gasteiger partial charge is 0.0671 e. The molecular weight excluding hydrogens is 190 g/mol. The van der Waals surface area contributed by atoms with Crippen molar-refractivity contribution in [3.8, 4) is 0 Å². The van der Waals surface area contributed by atoms with Crippen LogP contribution in [0, 0.1) is 0 Å². The van der Waals surface area contributed by atoms with E-state index >= 15 is 0 Å². The lowest BCUT2D eigenvalue weighted by atomic mass is 10.3. The Balaban J connectivity index is 2.19. The zero-order chi connectivity index (χ0) is 11.1. The number of nitrogens with zero attached hydrogens (tertiary/aromatic N) is 2. The summed E-state index contributed by atoms with van der Waals surface area (Å²) in [5.74, 6) is 0. The molecule has 1 aromatic rings. The van der Waals surface area contributed by atoms with Crippen LogP contribution in [0.1, 0.15) is 26.3 Å². The van der Waals surface area contributed by atoms with E-state index in [9.17, 15) is 0 Å². The van der Waals surface area contributed by atoms with Gasteiger partial charge in [0.2, 0.25) is 0 Å². The maximum atomic E-state index is 5.42. The molecule has 0 saturated carbocycles. The standard InChI is InChI=1S/C11H21N3O/c1-4-14-9-11(8-13-14)7-12-6-10(3)15-5-2/h8-10,12H,4-7H2,1-3H3. The Kier molecular flexibility index (Phi) is 5.36. The van der Waals surface area contributed by atoms with E-state index in [1.54, 1.807) is 0 Å². The van der Waals surface area contributed by atoms with Crippen molar-refractivity contribution in [2.45, 2.75) is 40.0 Å². The first-order valence-electron chi connectivity index (χ1n) is 5.59. The molecule has 1 rings (SSSR count). The van der Waals surface area contributed by atoms with Gasteiger partial charge < -0.3 is 10.1 Å². The predicted octanol–water partition coefficient (Wildman–Crippen LogP) is 1.42. The summed E-state index contributed by atoms with van der Waals surface area (Å²) in [6.45, 7) is 9.61. The molecule has 0 fully saturated rings. The molecule has 0 aromatic carbocycles. The molecule has 4 heteroatoms. The normalized spacial score (nSPS) is 13.0. The monoisotopic (exact) mass is 211 g/mol. The van der Waals surface area contributed by atoms with Gasteiger partial charge in [0.05, 0.1) is 12.3 Å². The second kappa shape index (κ2) is 6.58. The fourth-order valence-electron chi connectivity index (χ4n) is 1.43. The third-order valence-corrected chi connectivity index (χ3v) is 2.22. The first kappa shape index (κ1) is 12.2. The van der Waals surface area contributed by atoms with Crippen molar-refractivity contribution in [2.24, 2.45) is 0 Å². The minimum atomic E-state index is 0.274. The molecule has 0 radical (unpaired) electrons. The van der Waals surface area contributed by atoms with Crippen LogP contribution in [-0.4, -0.2) is 29.0 Å². The average Bonchev–Trinajstić information content (AvgIpc) is 2.66. The molecule has 0 aliphatic carbocycles. The van der Waals surface area contributed by atoms with E-state index in [0.29, 0.717) is 0 Å². The van der Waals surface area contributed by atoms with E-state index in [-0.39, 0.29) is 6.10 Å². The van der Waals surface area contributed by atoms with Crippen LogP contribution in [0.25, 0.3) is 0 Å². The lowest BCUT2D eigenvalue weighted by molar-refractivity contribution is 0.0759. The Morgan fingerprint density at radius 2 is 2.33 bits per heavy atom. The van der Waals surface area contributed by atoms with E-state index in [1.807, 2.05) is 17.8 Å². The van der Waals surface area contributed by atoms with Crippen LogP contribution in [0.5, 0.6) is 0 Å². The van der Waals surface area contributed by atoms with Crippen LogP contribution >= 0.6 is 0 Å². The number of hydrogen-bond acceptors (Lipinski definition) is 3. The Hall–Kier alpha value is -0.870. The van der Waals surface area contributed by atoms with Gasteiger partial charge >= 0.3 is 0 Å². The first-order valence-corrected chi connectivity index (χ1v) is 5.59. The molecule has 0 aliphatic rings. The van der Waals surface area contributed by atoms with Gasteiger partial charge in [-0.15, -0.1) is 0 Å². The summed E-state index contributed by atoms with van der Waals surface area (Å²) in [5.41, 5.74) is 1.22. The number of nitrogens with one attached hydrogen (secondary N) is 1. The fourth-order valence-corrected chi connectivity index (χ4v) is 1.43. The molecule has 1 heterocycles. The maximum Gasteiger partial charge on any atom is 0.0671 e. The van der Waals surface area contributed by atoms with Crippen molar-refractivity contribution < 1.29 is 4.74 Å². The minimum Gasteiger partial charge on any atom is -0.377 e. The van der Waals surface area contributed by atoms with Crippen molar-refractivity contribution in [3.05, 3.63) is 18.0 Å². The third kappa shape index (κ3) is 4.44. The van der Waals surface area contributed by atoms with Gasteiger partial charge in [-0.1, -0.05) is 0 Å². The molecule has 1 aromatic heterocycles. The highest BCUT2D eigenvalue weighted by Gasteiger charge is 2.01. The van der Waals surface area contributed by atoms with Crippen molar-refractivity contribution in [2.75, 3.05) is 13.2 Å². The summed E-state index contributed by atoms with van der Waals surface area (Å²) in [6.07, 6.45) is 4.25. The van der Waals surface area contributed by atoms with Gasteiger partial charge in [0.15, 0.2) is 0 Å². The Morgan fingerprint density at radius 1 is 1.53 bits per heavy atom. The molecule has 0 spiro atoms. The Morgan fingerprint density at radius 3 is 2.93 bits per heavy atom. The SMILES string of the molecule is CCOC(C)CNCc1cnn(CC)c1. The second-order valence-electron chi connectivity index (χ2n) is 3.60.